The zero-order valence-electron chi connectivity index (χ0n) is 15.7. The number of ketones is 1. The van der Waals surface area contributed by atoms with Gasteiger partial charge in [-0.15, -0.1) is 0 Å². The monoisotopic (exact) mass is 358 g/mol. The highest BCUT2D eigenvalue weighted by Crippen LogP contribution is 2.38. The van der Waals surface area contributed by atoms with Crippen LogP contribution in [0.2, 0.25) is 0 Å². The molecule has 0 aromatic heterocycles. The van der Waals surface area contributed by atoms with Crippen LogP contribution in [0.15, 0.2) is 18.2 Å². The van der Waals surface area contributed by atoms with Crippen LogP contribution in [0, 0.1) is 0 Å². The summed E-state index contributed by atoms with van der Waals surface area (Å²) in [4.78, 5) is 41.0. The third-order valence-corrected chi connectivity index (χ3v) is 5.02. The van der Waals surface area contributed by atoms with Crippen molar-refractivity contribution < 1.29 is 19.1 Å². The Labute approximate surface area is 154 Å². The highest BCUT2D eigenvalue weighted by Gasteiger charge is 2.42. The van der Waals surface area contributed by atoms with Crippen LogP contribution in [-0.2, 0) is 9.59 Å². The maximum Gasteiger partial charge on any atom is 0.271 e. The lowest BCUT2D eigenvalue weighted by atomic mass is 10.0. The van der Waals surface area contributed by atoms with Crippen LogP contribution in [0.3, 0.4) is 0 Å². The lowest BCUT2D eigenvalue weighted by molar-refractivity contribution is -0.137. The van der Waals surface area contributed by atoms with Gasteiger partial charge in [0.1, 0.15) is 12.3 Å². The average molecular weight is 358 g/mol. The van der Waals surface area contributed by atoms with Gasteiger partial charge in [0.25, 0.3) is 5.91 Å². The number of anilines is 1. The molecule has 0 N–H and O–H groups in total. The van der Waals surface area contributed by atoms with Crippen LogP contribution in [0.5, 0.6) is 5.75 Å². The maximum atomic E-state index is 12.9. The van der Waals surface area contributed by atoms with Crippen molar-refractivity contribution in [2.24, 2.45) is 0 Å². The fraction of sp³-hybridized carbons (Fsp3) is 0.550. The topological polar surface area (TPSA) is 66.9 Å². The number of nitrogens with zero attached hydrogens (tertiary/aromatic N) is 2. The van der Waals surface area contributed by atoms with E-state index in [2.05, 4.69) is 0 Å². The molecular formula is C20H26N2O4. The summed E-state index contributed by atoms with van der Waals surface area (Å²) in [5.74, 6) is 0.187. The maximum absolute atomic E-state index is 12.9. The van der Waals surface area contributed by atoms with Crippen molar-refractivity contribution in [1.82, 2.24) is 4.90 Å². The number of carbonyl (C=O) groups excluding carboxylic acids is 3. The molecule has 0 atom stereocenters. The Bertz CT molecular complexity index is 735. The molecule has 0 aliphatic carbocycles. The van der Waals surface area contributed by atoms with Crippen molar-refractivity contribution in [2.75, 3.05) is 24.5 Å². The molecule has 2 aliphatic heterocycles. The van der Waals surface area contributed by atoms with Gasteiger partial charge in [-0.1, -0.05) is 6.92 Å². The van der Waals surface area contributed by atoms with Crippen LogP contribution < -0.4 is 9.64 Å². The van der Waals surface area contributed by atoms with E-state index in [-0.39, 0.29) is 24.1 Å². The summed E-state index contributed by atoms with van der Waals surface area (Å²) in [6.07, 6.45) is 3.52. The summed E-state index contributed by atoms with van der Waals surface area (Å²) in [6, 6.07) is 5.09. The Morgan fingerprint density at radius 1 is 1.15 bits per heavy atom. The third-order valence-electron chi connectivity index (χ3n) is 5.02. The van der Waals surface area contributed by atoms with Gasteiger partial charge in [-0.2, -0.15) is 0 Å². The van der Waals surface area contributed by atoms with E-state index in [0.717, 1.165) is 32.4 Å². The van der Waals surface area contributed by atoms with Crippen LogP contribution in [0.25, 0.3) is 0 Å². The van der Waals surface area contributed by atoms with E-state index in [0.29, 0.717) is 23.4 Å². The zero-order chi connectivity index (χ0) is 18.9. The van der Waals surface area contributed by atoms with E-state index in [4.69, 9.17) is 4.74 Å². The van der Waals surface area contributed by atoms with E-state index in [1.165, 1.54) is 4.90 Å². The van der Waals surface area contributed by atoms with Crippen LogP contribution in [0.4, 0.5) is 5.69 Å². The summed E-state index contributed by atoms with van der Waals surface area (Å²) in [6.45, 7) is 6.64. The number of hydrogen-bond donors (Lipinski definition) is 0. The van der Waals surface area contributed by atoms with Crippen LogP contribution in [0.1, 0.15) is 56.8 Å². The minimum absolute atomic E-state index is 0.00705. The average Bonchev–Trinajstić information content (AvgIpc) is 2.64. The van der Waals surface area contributed by atoms with Gasteiger partial charge < -0.3 is 9.64 Å². The molecule has 26 heavy (non-hydrogen) atoms. The normalized spacial score (nSPS) is 19.0. The second-order valence-corrected chi connectivity index (χ2v) is 7.40. The number of carbonyl (C=O) groups is 3. The Balaban J connectivity index is 1.93. The smallest absolute Gasteiger partial charge is 0.271 e. The SMILES string of the molecule is CCC(=O)c1ccc2c(c1)N(CC(=O)N1CCCCC1)C(=O)C(C)(C)O2. The van der Waals surface area contributed by atoms with Gasteiger partial charge in [-0.05, 0) is 51.3 Å². The lowest BCUT2D eigenvalue weighted by Crippen LogP contribution is -2.55. The largest absolute Gasteiger partial charge is 0.476 e. The quantitative estimate of drug-likeness (QED) is 0.776. The molecule has 2 amide bonds. The molecular weight excluding hydrogens is 332 g/mol. The minimum Gasteiger partial charge on any atom is -0.476 e. The number of fused-ring (bicyclic) bond motifs is 1. The molecule has 1 fully saturated rings. The van der Waals surface area contributed by atoms with Crippen molar-refractivity contribution in [2.45, 2.75) is 52.1 Å². The Kier molecular flexibility index (Phi) is 5.03. The molecule has 0 bridgehead atoms. The van der Waals surface area contributed by atoms with Crippen molar-refractivity contribution in [3.63, 3.8) is 0 Å². The minimum atomic E-state index is -1.05. The number of ether oxygens (including phenoxy) is 1. The van der Waals surface area contributed by atoms with Gasteiger partial charge in [0.05, 0.1) is 5.69 Å². The number of hydrogen-bond acceptors (Lipinski definition) is 4. The summed E-state index contributed by atoms with van der Waals surface area (Å²) in [5, 5.41) is 0. The number of piperidine rings is 1. The van der Waals surface area contributed by atoms with Crippen molar-refractivity contribution in [1.29, 1.82) is 0 Å². The summed E-state index contributed by atoms with van der Waals surface area (Å²) >= 11 is 0. The summed E-state index contributed by atoms with van der Waals surface area (Å²) in [5.41, 5.74) is -0.0254. The number of benzene rings is 1. The van der Waals surface area contributed by atoms with Crippen molar-refractivity contribution in [3.05, 3.63) is 23.8 Å². The molecule has 3 rings (SSSR count). The summed E-state index contributed by atoms with van der Waals surface area (Å²) < 4.78 is 5.83. The lowest BCUT2D eigenvalue weighted by Gasteiger charge is -2.39. The molecule has 0 radical (unpaired) electrons. The van der Waals surface area contributed by atoms with Gasteiger partial charge in [-0.25, -0.2) is 0 Å². The van der Waals surface area contributed by atoms with E-state index in [1.807, 2.05) is 4.90 Å². The molecule has 6 heteroatoms. The first-order valence-electron chi connectivity index (χ1n) is 9.29. The molecule has 1 saturated heterocycles. The molecule has 0 saturated carbocycles. The standard InChI is InChI=1S/C20H26N2O4/c1-4-16(23)14-8-9-17-15(12-14)22(19(25)20(2,3)26-17)13-18(24)21-10-6-5-7-11-21/h8-9,12H,4-7,10-11,13H2,1-3H3. The predicted octanol–water partition coefficient (Wildman–Crippen LogP) is 2.80. The number of Topliss-reactive ketones (excluding diaryl/α,β-unsaturated/α-hetero) is 1. The molecule has 2 heterocycles. The Hall–Kier alpha value is -2.37. The molecule has 0 unspecified atom stereocenters. The number of likely N-dealkylation sites (tertiary alicyclic amines) is 1. The highest BCUT2D eigenvalue weighted by atomic mass is 16.5. The number of amides is 2. The van der Waals surface area contributed by atoms with E-state index >= 15 is 0 Å². The second-order valence-electron chi connectivity index (χ2n) is 7.40. The first-order valence-corrected chi connectivity index (χ1v) is 9.29. The molecule has 2 aliphatic rings. The van der Waals surface area contributed by atoms with Gasteiger partial charge >= 0.3 is 0 Å². The van der Waals surface area contributed by atoms with Crippen molar-refractivity contribution in [3.8, 4) is 5.75 Å². The van der Waals surface area contributed by atoms with Crippen LogP contribution in [-0.4, -0.2) is 47.7 Å². The van der Waals surface area contributed by atoms with Gasteiger partial charge in [-0.3, -0.25) is 19.3 Å². The zero-order valence-corrected chi connectivity index (χ0v) is 15.7. The highest BCUT2D eigenvalue weighted by molar-refractivity contribution is 6.07. The third kappa shape index (κ3) is 3.45. The summed E-state index contributed by atoms with van der Waals surface area (Å²) in [7, 11) is 0. The molecule has 0 spiro atoms. The number of rotatable bonds is 4. The van der Waals surface area contributed by atoms with Gasteiger partial charge in [0.2, 0.25) is 5.91 Å². The Morgan fingerprint density at radius 2 is 1.85 bits per heavy atom. The van der Waals surface area contributed by atoms with Gasteiger partial charge in [0.15, 0.2) is 11.4 Å². The first kappa shape index (κ1) is 18.4. The van der Waals surface area contributed by atoms with E-state index in [9.17, 15) is 14.4 Å². The molecule has 1 aromatic rings. The van der Waals surface area contributed by atoms with E-state index < -0.39 is 5.60 Å². The fourth-order valence-electron chi connectivity index (χ4n) is 3.48. The Morgan fingerprint density at radius 3 is 2.50 bits per heavy atom. The van der Waals surface area contributed by atoms with Crippen LogP contribution >= 0.6 is 0 Å². The van der Waals surface area contributed by atoms with Gasteiger partial charge in [0, 0.05) is 25.1 Å². The van der Waals surface area contributed by atoms with E-state index in [1.54, 1.807) is 39.0 Å². The molecule has 140 valence electrons. The predicted molar refractivity (Wildman–Crippen MR) is 98.6 cm³/mol. The second kappa shape index (κ2) is 7.09. The fourth-order valence-corrected chi connectivity index (χ4v) is 3.48. The van der Waals surface area contributed by atoms with Crippen molar-refractivity contribution >= 4 is 23.3 Å². The molecule has 1 aromatic carbocycles. The molecule has 6 nitrogen and oxygen atoms in total. The first-order chi connectivity index (χ1) is 12.3.